The minimum Gasteiger partial charge on any atom is -0.467 e. The molecule has 0 aliphatic heterocycles. The van der Waals surface area contributed by atoms with Crippen molar-refractivity contribution in [2.45, 2.75) is 27.3 Å². The fourth-order valence-corrected chi connectivity index (χ4v) is 3.94. The van der Waals surface area contributed by atoms with Crippen LogP contribution in [0.15, 0.2) is 63.1 Å². The van der Waals surface area contributed by atoms with Crippen LogP contribution in [0, 0.1) is 5.41 Å². The van der Waals surface area contributed by atoms with Crippen LogP contribution in [-0.4, -0.2) is 26.8 Å². The van der Waals surface area contributed by atoms with Gasteiger partial charge in [0.05, 0.1) is 23.0 Å². The third kappa shape index (κ3) is 6.31. The summed E-state index contributed by atoms with van der Waals surface area (Å²) in [6.45, 7) is 5.98. The van der Waals surface area contributed by atoms with E-state index in [0.29, 0.717) is 33.5 Å². The summed E-state index contributed by atoms with van der Waals surface area (Å²) in [7, 11) is 0. The fourth-order valence-electron chi connectivity index (χ4n) is 2.85. The van der Waals surface area contributed by atoms with E-state index in [4.69, 9.17) is 4.42 Å². The number of carbonyl (C=O) groups is 2. The highest BCUT2D eigenvalue weighted by Gasteiger charge is 2.21. The fraction of sp³-hybridized carbons (Fsp3) is 0.208. The number of thiazole rings is 1. The van der Waals surface area contributed by atoms with E-state index in [-0.39, 0.29) is 11.6 Å². The van der Waals surface area contributed by atoms with Gasteiger partial charge in [-0.1, -0.05) is 32.9 Å². The van der Waals surface area contributed by atoms with Gasteiger partial charge in [-0.3, -0.25) is 14.9 Å². The van der Waals surface area contributed by atoms with Crippen LogP contribution in [0.4, 0.5) is 16.8 Å². The van der Waals surface area contributed by atoms with Crippen LogP contribution in [0.3, 0.4) is 0 Å². The summed E-state index contributed by atoms with van der Waals surface area (Å²) in [5.41, 5.74) is 1.99. The predicted molar refractivity (Wildman–Crippen MR) is 139 cm³/mol. The van der Waals surface area contributed by atoms with E-state index in [2.05, 4.69) is 46.8 Å². The molecule has 0 radical (unpaired) electrons. The molecular formula is C24H23BrN6O3S. The van der Waals surface area contributed by atoms with Crippen molar-refractivity contribution in [3.05, 3.63) is 70.2 Å². The first-order valence-electron chi connectivity index (χ1n) is 10.7. The zero-order valence-corrected chi connectivity index (χ0v) is 21.7. The lowest BCUT2D eigenvalue weighted by Crippen LogP contribution is -2.27. The van der Waals surface area contributed by atoms with Crippen molar-refractivity contribution in [3.8, 4) is 11.3 Å². The van der Waals surface area contributed by atoms with Crippen LogP contribution in [0.1, 0.15) is 37.0 Å². The van der Waals surface area contributed by atoms with Crippen LogP contribution >= 0.6 is 27.3 Å². The van der Waals surface area contributed by atoms with Gasteiger partial charge in [-0.2, -0.15) is 0 Å². The summed E-state index contributed by atoms with van der Waals surface area (Å²) in [6.07, 6.45) is 3.10. The van der Waals surface area contributed by atoms with E-state index in [0.717, 1.165) is 11.3 Å². The average Bonchev–Trinajstić information content (AvgIpc) is 3.51. The second kappa shape index (κ2) is 10.4. The molecule has 0 aliphatic carbocycles. The quantitative estimate of drug-likeness (QED) is 0.263. The van der Waals surface area contributed by atoms with Crippen LogP contribution in [0.2, 0.25) is 0 Å². The molecule has 0 atom stereocenters. The molecule has 9 nitrogen and oxygen atoms in total. The molecule has 0 unspecified atom stereocenters. The van der Waals surface area contributed by atoms with Crippen molar-refractivity contribution >= 4 is 55.8 Å². The Labute approximate surface area is 214 Å². The number of rotatable bonds is 7. The SMILES string of the molecule is CC(C)(C)C(=O)Nc1ccc(-c2csc(NC(=O)c3nc(NCc4ccco4)ncc3Br)n2)cc1. The molecule has 4 rings (SSSR count). The Morgan fingerprint density at radius 1 is 1.09 bits per heavy atom. The van der Waals surface area contributed by atoms with Crippen molar-refractivity contribution in [1.82, 2.24) is 15.0 Å². The van der Waals surface area contributed by atoms with Gasteiger partial charge < -0.3 is 15.1 Å². The van der Waals surface area contributed by atoms with E-state index in [9.17, 15) is 9.59 Å². The van der Waals surface area contributed by atoms with E-state index >= 15 is 0 Å². The van der Waals surface area contributed by atoms with Crippen LogP contribution in [-0.2, 0) is 11.3 Å². The number of aromatic nitrogens is 3. The van der Waals surface area contributed by atoms with Gasteiger partial charge in [-0.25, -0.2) is 15.0 Å². The molecule has 11 heteroatoms. The molecule has 0 fully saturated rings. The molecule has 180 valence electrons. The highest BCUT2D eigenvalue weighted by molar-refractivity contribution is 9.10. The molecule has 2 amide bonds. The molecule has 0 bridgehead atoms. The monoisotopic (exact) mass is 554 g/mol. The van der Waals surface area contributed by atoms with Gasteiger partial charge in [0.15, 0.2) is 5.13 Å². The minimum absolute atomic E-state index is 0.0564. The topological polar surface area (TPSA) is 122 Å². The lowest BCUT2D eigenvalue weighted by Gasteiger charge is -2.17. The molecule has 35 heavy (non-hydrogen) atoms. The normalized spacial score (nSPS) is 11.2. The number of nitrogens with zero attached hydrogens (tertiary/aromatic N) is 3. The van der Waals surface area contributed by atoms with Crippen LogP contribution in [0.5, 0.6) is 0 Å². The lowest BCUT2D eigenvalue weighted by atomic mass is 9.95. The van der Waals surface area contributed by atoms with Crippen LogP contribution < -0.4 is 16.0 Å². The maximum Gasteiger partial charge on any atom is 0.277 e. The second-order valence-electron chi connectivity index (χ2n) is 8.60. The zero-order valence-electron chi connectivity index (χ0n) is 19.3. The number of nitrogens with one attached hydrogen (secondary N) is 3. The number of amides is 2. The highest BCUT2D eigenvalue weighted by Crippen LogP contribution is 2.27. The maximum atomic E-state index is 12.8. The van der Waals surface area contributed by atoms with Gasteiger partial charge in [-0.15, -0.1) is 11.3 Å². The van der Waals surface area contributed by atoms with Gasteiger partial charge >= 0.3 is 0 Å². The van der Waals surface area contributed by atoms with Gasteiger partial charge in [0.25, 0.3) is 5.91 Å². The first-order chi connectivity index (χ1) is 16.7. The number of hydrogen-bond donors (Lipinski definition) is 3. The van der Waals surface area contributed by atoms with Gasteiger partial charge in [0, 0.05) is 28.2 Å². The molecule has 3 N–H and O–H groups in total. The average molecular weight is 555 g/mol. The molecule has 3 aromatic heterocycles. The van der Waals surface area contributed by atoms with E-state index < -0.39 is 11.3 Å². The molecule has 0 spiro atoms. The smallest absolute Gasteiger partial charge is 0.277 e. The van der Waals surface area contributed by atoms with Gasteiger partial charge in [-0.05, 0) is 40.2 Å². The molecule has 0 saturated carbocycles. The standard InChI is InChI=1S/C24H23BrN6O3S/c1-24(2,3)21(33)28-15-8-6-14(7-9-15)18-13-35-23(29-18)31-20(32)19-17(25)12-27-22(30-19)26-11-16-5-4-10-34-16/h4-10,12-13H,11H2,1-3H3,(H,28,33)(H,26,27,30)(H,29,31,32). The Kier molecular flexibility index (Phi) is 7.27. The Morgan fingerprint density at radius 2 is 1.86 bits per heavy atom. The largest absolute Gasteiger partial charge is 0.467 e. The summed E-state index contributed by atoms with van der Waals surface area (Å²) in [6, 6.07) is 11.0. The van der Waals surface area contributed by atoms with Crippen molar-refractivity contribution in [1.29, 1.82) is 0 Å². The Bertz CT molecular complexity index is 1330. The van der Waals surface area contributed by atoms with Crippen LogP contribution in [0.25, 0.3) is 11.3 Å². The highest BCUT2D eigenvalue weighted by atomic mass is 79.9. The molecule has 0 aliphatic rings. The molecule has 0 saturated heterocycles. The number of benzene rings is 1. The number of carbonyl (C=O) groups excluding carboxylic acids is 2. The number of halogens is 1. The van der Waals surface area contributed by atoms with Crippen molar-refractivity contribution in [2.75, 3.05) is 16.0 Å². The Balaban J connectivity index is 1.41. The summed E-state index contributed by atoms with van der Waals surface area (Å²) in [4.78, 5) is 38.0. The van der Waals surface area contributed by atoms with Crippen molar-refractivity contribution in [2.24, 2.45) is 5.41 Å². The molecule has 3 heterocycles. The number of hydrogen-bond acceptors (Lipinski definition) is 8. The zero-order chi connectivity index (χ0) is 25.0. The minimum atomic E-state index is -0.477. The van der Waals surface area contributed by atoms with E-state index in [1.807, 2.05) is 56.5 Å². The summed E-state index contributed by atoms with van der Waals surface area (Å²) >= 11 is 4.64. The number of furan rings is 1. The number of anilines is 3. The van der Waals surface area contributed by atoms with Gasteiger partial charge in [0.1, 0.15) is 11.5 Å². The molecule has 1 aromatic carbocycles. The van der Waals surface area contributed by atoms with Crippen molar-refractivity contribution in [3.63, 3.8) is 0 Å². The first-order valence-corrected chi connectivity index (χ1v) is 12.3. The Hall–Kier alpha value is -3.57. The molecular weight excluding hydrogens is 532 g/mol. The van der Waals surface area contributed by atoms with E-state index in [1.54, 1.807) is 12.3 Å². The summed E-state index contributed by atoms with van der Waals surface area (Å²) < 4.78 is 5.74. The predicted octanol–water partition coefficient (Wildman–Crippen LogP) is 5.80. The molecule has 4 aromatic rings. The third-order valence-corrected chi connectivity index (χ3v) is 6.14. The second-order valence-corrected chi connectivity index (χ2v) is 10.3. The maximum absolute atomic E-state index is 12.8. The first kappa shape index (κ1) is 24.6. The summed E-state index contributed by atoms with van der Waals surface area (Å²) in [5.74, 6) is 0.552. The summed E-state index contributed by atoms with van der Waals surface area (Å²) in [5, 5.41) is 11.0. The van der Waals surface area contributed by atoms with Gasteiger partial charge in [0.2, 0.25) is 11.9 Å². The third-order valence-electron chi connectivity index (χ3n) is 4.80. The van der Waals surface area contributed by atoms with E-state index in [1.165, 1.54) is 17.5 Å². The van der Waals surface area contributed by atoms with Crippen molar-refractivity contribution < 1.29 is 14.0 Å². The Morgan fingerprint density at radius 3 is 2.54 bits per heavy atom. The lowest BCUT2D eigenvalue weighted by molar-refractivity contribution is -0.123.